The molecule has 0 spiro atoms. The third-order valence-electron chi connectivity index (χ3n) is 1.68. The van der Waals surface area contributed by atoms with Crippen molar-refractivity contribution in [1.82, 2.24) is 0 Å². The number of thiol groups is 1. The van der Waals surface area contributed by atoms with Gasteiger partial charge in [0.05, 0.1) is 5.56 Å². The van der Waals surface area contributed by atoms with E-state index >= 15 is 0 Å². The van der Waals surface area contributed by atoms with Gasteiger partial charge in [-0.1, -0.05) is 12.2 Å². The highest BCUT2D eigenvalue weighted by Gasteiger charge is 2.05. The van der Waals surface area contributed by atoms with Crippen molar-refractivity contribution in [2.45, 2.75) is 0 Å². The molecule has 0 saturated heterocycles. The van der Waals surface area contributed by atoms with Crippen LogP contribution in [0.3, 0.4) is 0 Å². The molecule has 0 aliphatic heterocycles. The highest BCUT2D eigenvalue weighted by Crippen LogP contribution is 2.19. The van der Waals surface area contributed by atoms with Crippen molar-refractivity contribution in [1.29, 1.82) is 0 Å². The van der Waals surface area contributed by atoms with Crippen LogP contribution < -0.4 is 0 Å². The molecule has 3 nitrogen and oxygen atoms in total. The second kappa shape index (κ2) is 4.72. The van der Waals surface area contributed by atoms with Gasteiger partial charge in [-0.05, 0) is 18.2 Å². The van der Waals surface area contributed by atoms with E-state index in [1.54, 1.807) is 12.2 Å². The molecule has 0 bridgehead atoms. The van der Waals surface area contributed by atoms with E-state index < -0.39 is 5.97 Å². The number of rotatable bonds is 3. The predicted octanol–water partition coefficient (Wildman–Crippen LogP) is 2.03. The summed E-state index contributed by atoms with van der Waals surface area (Å²) in [5.41, 5.74) is 0.639. The molecule has 0 atom stereocenters. The molecule has 0 unspecified atom stereocenters. The van der Waals surface area contributed by atoms with Gasteiger partial charge < -0.3 is 10.2 Å². The Morgan fingerprint density at radius 3 is 2.79 bits per heavy atom. The summed E-state index contributed by atoms with van der Waals surface area (Å²) in [6.07, 6.45) is 3.36. The number of aromatic carboxylic acids is 1. The number of carboxylic acid groups (broad SMARTS) is 1. The lowest BCUT2D eigenvalue weighted by molar-refractivity contribution is 0.0697. The minimum atomic E-state index is -1.01. The van der Waals surface area contributed by atoms with Crippen LogP contribution in [0, 0.1) is 0 Å². The summed E-state index contributed by atoms with van der Waals surface area (Å²) in [7, 11) is 0. The number of carbonyl (C=O) groups is 1. The summed E-state index contributed by atoms with van der Waals surface area (Å²) in [6.45, 7) is 0. The van der Waals surface area contributed by atoms with Crippen LogP contribution >= 0.6 is 12.6 Å². The molecule has 14 heavy (non-hydrogen) atoms. The van der Waals surface area contributed by atoms with E-state index in [0.717, 1.165) is 0 Å². The average molecular weight is 210 g/mol. The zero-order valence-corrected chi connectivity index (χ0v) is 8.24. The summed E-state index contributed by atoms with van der Waals surface area (Å²) in [5, 5.41) is 18.1. The standard InChI is InChI=1S/C10H10O3S/c11-9-4-3-8(10(12)13)6-7(9)2-1-5-14/h1-4,6,11,14H,5H2,(H,12,13). The fourth-order valence-corrected chi connectivity index (χ4v) is 1.11. The molecule has 0 aromatic heterocycles. The molecule has 74 valence electrons. The Morgan fingerprint density at radius 2 is 2.21 bits per heavy atom. The molecule has 0 saturated carbocycles. The smallest absolute Gasteiger partial charge is 0.335 e. The maximum atomic E-state index is 10.6. The van der Waals surface area contributed by atoms with Crippen LogP contribution in [0.4, 0.5) is 0 Å². The molecule has 0 radical (unpaired) electrons. The number of hydrogen-bond acceptors (Lipinski definition) is 3. The van der Waals surface area contributed by atoms with Crippen LogP contribution in [-0.2, 0) is 0 Å². The van der Waals surface area contributed by atoms with Gasteiger partial charge in [0.2, 0.25) is 0 Å². The van der Waals surface area contributed by atoms with Crippen LogP contribution in [-0.4, -0.2) is 21.9 Å². The Bertz CT molecular complexity index is 372. The zero-order chi connectivity index (χ0) is 10.6. The van der Waals surface area contributed by atoms with Gasteiger partial charge in [0.25, 0.3) is 0 Å². The molecule has 0 fully saturated rings. The second-order valence-corrected chi connectivity index (χ2v) is 3.03. The maximum Gasteiger partial charge on any atom is 0.335 e. The average Bonchev–Trinajstić information content (AvgIpc) is 2.16. The molecule has 0 aliphatic rings. The van der Waals surface area contributed by atoms with Gasteiger partial charge in [-0.3, -0.25) is 0 Å². The number of aromatic hydroxyl groups is 1. The molecule has 4 heteroatoms. The maximum absolute atomic E-state index is 10.6. The van der Waals surface area contributed by atoms with Gasteiger partial charge in [0, 0.05) is 11.3 Å². The van der Waals surface area contributed by atoms with E-state index in [4.69, 9.17) is 5.11 Å². The van der Waals surface area contributed by atoms with E-state index in [0.29, 0.717) is 11.3 Å². The summed E-state index contributed by atoms with van der Waals surface area (Å²) in [5.74, 6) is -0.407. The number of phenols is 1. The van der Waals surface area contributed by atoms with Gasteiger partial charge in [-0.2, -0.15) is 12.6 Å². The van der Waals surface area contributed by atoms with Crippen molar-refractivity contribution in [3.05, 3.63) is 35.4 Å². The Morgan fingerprint density at radius 1 is 1.50 bits per heavy atom. The lowest BCUT2D eigenvalue weighted by atomic mass is 10.1. The first-order valence-electron chi connectivity index (χ1n) is 3.99. The summed E-state index contributed by atoms with van der Waals surface area (Å²) in [6, 6.07) is 4.13. The second-order valence-electron chi connectivity index (χ2n) is 2.66. The molecular weight excluding hydrogens is 200 g/mol. The van der Waals surface area contributed by atoms with Gasteiger partial charge in [0.15, 0.2) is 0 Å². The first kappa shape index (κ1) is 10.7. The van der Waals surface area contributed by atoms with Crippen molar-refractivity contribution in [3.8, 4) is 5.75 Å². The van der Waals surface area contributed by atoms with Crippen LogP contribution in [0.1, 0.15) is 15.9 Å². The van der Waals surface area contributed by atoms with Crippen molar-refractivity contribution >= 4 is 24.7 Å². The largest absolute Gasteiger partial charge is 0.507 e. The molecule has 1 aromatic carbocycles. The van der Waals surface area contributed by atoms with Crippen LogP contribution in [0.15, 0.2) is 24.3 Å². The van der Waals surface area contributed by atoms with Crippen molar-refractivity contribution in [2.24, 2.45) is 0 Å². The van der Waals surface area contributed by atoms with Gasteiger partial charge in [-0.15, -0.1) is 0 Å². The molecule has 2 N–H and O–H groups in total. The number of benzene rings is 1. The Kier molecular flexibility index (Phi) is 3.59. The monoisotopic (exact) mass is 210 g/mol. The Hall–Kier alpha value is -1.42. The highest BCUT2D eigenvalue weighted by atomic mass is 32.1. The fourth-order valence-electron chi connectivity index (χ4n) is 1.00. The Labute approximate surface area is 87.1 Å². The van der Waals surface area contributed by atoms with E-state index in [9.17, 15) is 9.90 Å². The quantitative estimate of drug-likeness (QED) is 0.669. The normalized spacial score (nSPS) is 10.6. The molecule has 0 heterocycles. The highest BCUT2D eigenvalue weighted by molar-refractivity contribution is 7.80. The number of phenolic OH excluding ortho intramolecular Hbond substituents is 1. The molecule has 1 rings (SSSR count). The topological polar surface area (TPSA) is 57.5 Å². The fraction of sp³-hybridized carbons (Fsp3) is 0.100. The third kappa shape index (κ3) is 2.53. The minimum Gasteiger partial charge on any atom is -0.507 e. The SMILES string of the molecule is O=C(O)c1ccc(O)c(C=CCS)c1. The Balaban J connectivity index is 3.08. The van der Waals surface area contributed by atoms with Crippen molar-refractivity contribution in [3.63, 3.8) is 0 Å². The van der Waals surface area contributed by atoms with Crippen LogP contribution in [0.25, 0.3) is 6.08 Å². The van der Waals surface area contributed by atoms with Gasteiger partial charge >= 0.3 is 5.97 Å². The zero-order valence-electron chi connectivity index (χ0n) is 7.34. The van der Waals surface area contributed by atoms with Crippen molar-refractivity contribution in [2.75, 3.05) is 5.75 Å². The lowest BCUT2D eigenvalue weighted by Crippen LogP contribution is -1.95. The first-order chi connectivity index (χ1) is 6.65. The molecule has 1 aromatic rings. The van der Waals surface area contributed by atoms with Gasteiger partial charge in [0.1, 0.15) is 5.75 Å². The first-order valence-corrected chi connectivity index (χ1v) is 4.62. The minimum absolute atomic E-state index is 0.0630. The van der Waals surface area contributed by atoms with E-state index in [2.05, 4.69) is 12.6 Å². The van der Waals surface area contributed by atoms with Gasteiger partial charge in [-0.25, -0.2) is 4.79 Å². The third-order valence-corrected chi connectivity index (χ3v) is 1.89. The molecule has 0 aliphatic carbocycles. The molecule has 0 amide bonds. The summed E-state index contributed by atoms with van der Waals surface area (Å²) in [4.78, 5) is 10.6. The van der Waals surface area contributed by atoms with Crippen LogP contribution in [0.2, 0.25) is 0 Å². The number of hydrogen-bond donors (Lipinski definition) is 3. The summed E-state index contributed by atoms with van der Waals surface area (Å²) >= 11 is 3.97. The lowest BCUT2D eigenvalue weighted by Gasteiger charge is -2.00. The predicted molar refractivity (Wildman–Crippen MR) is 58.0 cm³/mol. The number of carboxylic acids is 1. The van der Waals surface area contributed by atoms with E-state index in [-0.39, 0.29) is 11.3 Å². The van der Waals surface area contributed by atoms with E-state index in [1.807, 2.05) is 0 Å². The summed E-state index contributed by atoms with van der Waals surface area (Å²) < 4.78 is 0. The molecular formula is C10H10O3S. The van der Waals surface area contributed by atoms with Crippen molar-refractivity contribution < 1.29 is 15.0 Å². The van der Waals surface area contributed by atoms with E-state index in [1.165, 1.54) is 18.2 Å². The van der Waals surface area contributed by atoms with Crippen LogP contribution in [0.5, 0.6) is 5.75 Å².